The summed E-state index contributed by atoms with van der Waals surface area (Å²) in [5.74, 6) is -1.02. The van der Waals surface area contributed by atoms with Gasteiger partial charge in [0.1, 0.15) is 6.04 Å². The van der Waals surface area contributed by atoms with Gasteiger partial charge in [0.2, 0.25) is 0 Å². The van der Waals surface area contributed by atoms with Gasteiger partial charge in [0.25, 0.3) is 5.91 Å². The summed E-state index contributed by atoms with van der Waals surface area (Å²) in [6.07, 6.45) is 0.939. The maximum absolute atomic E-state index is 12.5. The number of rotatable bonds is 9. The van der Waals surface area contributed by atoms with Gasteiger partial charge < -0.3 is 20.7 Å². The highest BCUT2D eigenvalue weighted by Gasteiger charge is 2.26. The van der Waals surface area contributed by atoms with Gasteiger partial charge in [-0.3, -0.25) is 4.79 Å². The van der Waals surface area contributed by atoms with E-state index < -0.39 is 30.6 Å². The number of hydrogen-bond donors (Lipinski definition) is 3. The van der Waals surface area contributed by atoms with Crippen molar-refractivity contribution in [2.45, 2.75) is 46.1 Å². The number of para-hydroxylation sites is 2. The van der Waals surface area contributed by atoms with Crippen molar-refractivity contribution < 1.29 is 19.1 Å². The Hall–Kier alpha value is -3.35. The molecule has 0 saturated carbocycles. The lowest BCUT2D eigenvalue weighted by molar-refractivity contribution is -0.150. The number of urea groups is 1. The van der Waals surface area contributed by atoms with Crippen molar-refractivity contribution in [3.63, 3.8) is 0 Å². The summed E-state index contributed by atoms with van der Waals surface area (Å²) in [5.41, 5.74) is 2.35. The minimum Gasteiger partial charge on any atom is -0.454 e. The maximum atomic E-state index is 12.5. The third-order valence-electron chi connectivity index (χ3n) is 4.96. The number of carbonyl (C=O) groups is 3. The van der Waals surface area contributed by atoms with Crippen LogP contribution in [0.3, 0.4) is 0 Å². The number of amides is 3. The smallest absolute Gasteiger partial charge is 0.329 e. The van der Waals surface area contributed by atoms with Crippen LogP contribution in [0, 0.1) is 5.92 Å². The predicted octanol–water partition coefficient (Wildman–Crippen LogP) is 4.53. The second-order valence-electron chi connectivity index (χ2n) is 7.74. The molecular weight excluding hydrogens is 394 g/mol. The molecule has 2 rings (SSSR count). The molecule has 0 aliphatic heterocycles. The molecule has 31 heavy (non-hydrogen) atoms. The Morgan fingerprint density at radius 1 is 0.903 bits per heavy atom. The topological polar surface area (TPSA) is 96.5 Å². The highest BCUT2D eigenvalue weighted by atomic mass is 16.5. The van der Waals surface area contributed by atoms with Gasteiger partial charge in [-0.15, -0.1) is 0 Å². The summed E-state index contributed by atoms with van der Waals surface area (Å²) in [4.78, 5) is 37.1. The number of ether oxygens (including phenoxy) is 1. The quantitative estimate of drug-likeness (QED) is 0.514. The molecule has 0 saturated heterocycles. The van der Waals surface area contributed by atoms with Crippen LogP contribution >= 0.6 is 0 Å². The number of anilines is 2. The van der Waals surface area contributed by atoms with Gasteiger partial charge in [-0.05, 0) is 42.0 Å². The molecule has 0 aromatic heterocycles. The van der Waals surface area contributed by atoms with Crippen molar-refractivity contribution in [2.75, 3.05) is 17.2 Å². The molecule has 0 spiro atoms. The van der Waals surface area contributed by atoms with E-state index in [2.05, 4.69) is 29.8 Å². The van der Waals surface area contributed by atoms with Gasteiger partial charge in [0, 0.05) is 11.4 Å². The first-order valence-corrected chi connectivity index (χ1v) is 10.5. The van der Waals surface area contributed by atoms with Crippen LogP contribution in [0.25, 0.3) is 0 Å². The minimum absolute atomic E-state index is 0.219. The first-order valence-electron chi connectivity index (χ1n) is 10.5. The number of nitrogens with one attached hydrogen (secondary N) is 3. The molecule has 2 aromatic rings. The van der Waals surface area contributed by atoms with E-state index in [1.54, 1.807) is 38.1 Å². The summed E-state index contributed by atoms with van der Waals surface area (Å²) >= 11 is 0. The molecule has 7 heteroatoms. The summed E-state index contributed by atoms with van der Waals surface area (Å²) in [6, 6.07) is 15.1. The molecule has 0 unspecified atom stereocenters. The van der Waals surface area contributed by atoms with Crippen LogP contribution in [0.5, 0.6) is 0 Å². The summed E-state index contributed by atoms with van der Waals surface area (Å²) in [7, 11) is 0. The van der Waals surface area contributed by atoms with Gasteiger partial charge in [-0.1, -0.05) is 64.1 Å². The molecule has 0 fully saturated rings. The van der Waals surface area contributed by atoms with E-state index >= 15 is 0 Å². The standard InChI is InChI=1S/C24H31N3O4/c1-5-17(4)19-13-9-10-14-20(19)26-21(28)15-31-23(29)22(16(2)3)27-24(30)25-18-11-7-6-8-12-18/h6-14,16-17,22H,5,15H2,1-4H3,(H,26,28)(H2,25,27,30)/t17-,22-/m0/s1. The Labute approximate surface area is 183 Å². The number of esters is 1. The van der Waals surface area contributed by atoms with E-state index in [4.69, 9.17) is 4.74 Å². The van der Waals surface area contributed by atoms with Crippen molar-refractivity contribution in [2.24, 2.45) is 5.92 Å². The zero-order valence-corrected chi connectivity index (χ0v) is 18.5. The summed E-state index contributed by atoms with van der Waals surface area (Å²) in [6.45, 7) is 7.32. The van der Waals surface area contributed by atoms with E-state index in [-0.39, 0.29) is 11.8 Å². The lowest BCUT2D eigenvalue weighted by atomic mass is 9.97. The second kappa shape index (κ2) is 11.7. The fourth-order valence-electron chi connectivity index (χ4n) is 3.00. The summed E-state index contributed by atoms with van der Waals surface area (Å²) < 4.78 is 5.18. The molecule has 0 bridgehead atoms. The van der Waals surface area contributed by atoms with Crippen molar-refractivity contribution >= 4 is 29.3 Å². The summed E-state index contributed by atoms with van der Waals surface area (Å²) in [5, 5.41) is 8.09. The average molecular weight is 426 g/mol. The van der Waals surface area contributed by atoms with Crippen molar-refractivity contribution in [1.82, 2.24) is 5.32 Å². The van der Waals surface area contributed by atoms with Crippen LogP contribution in [-0.2, 0) is 14.3 Å². The number of hydrogen-bond acceptors (Lipinski definition) is 4. The molecule has 0 aliphatic rings. The van der Waals surface area contributed by atoms with E-state index in [9.17, 15) is 14.4 Å². The third-order valence-corrected chi connectivity index (χ3v) is 4.96. The Morgan fingerprint density at radius 2 is 1.55 bits per heavy atom. The first-order chi connectivity index (χ1) is 14.8. The lowest BCUT2D eigenvalue weighted by Crippen LogP contribution is -2.47. The second-order valence-corrected chi connectivity index (χ2v) is 7.74. The monoisotopic (exact) mass is 425 g/mol. The number of carbonyl (C=O) groups excluding carboxylic acids is 3. The zero-order valence-electron chi connectivity index (χ0n) is 18.5. The lowest BCUT2D eigenvalue weighted by Gasteiger charge is -2.21. The Bertz CT molecular complexity index is 883. The van der Waals surface area contributed by atoms with Crippen LogP contribution in [0.4, 0.5) is 16.2 Å². The Balaban J connectivity index is 1.91. The highest BCUT2D eigenvalue weighted by molar-refractivity contribution is 5.95. The number of benzene rings is 2. The van der Waals surface area contributed by atoms with Crippen LogP contribution in [0.2, 0.25) is 0 Å². The molecule has 0 radical (unpaired) electrons. The van der Waals surface area contributed by atoms with Crippen molar-refractivity contribution in [3.05, 3.63) is 60.2 Å². The molecule has 0 aliphatic carbocycles. The molecule has 3 N–H and O–H groups in total. The zero-order chi connectivity index (χ0) is 22.8. The van der Waals surface area contributed by atoms with E-state index in [1.807, 2.05) is 30.3 Å². The first kappa shape index (κ1) is 23.9. The van der Waals surface area contributed by atoms with Gasteiger partial charge in [0.05, 0.1) is 0 Å². The minimum atomic E-state index is -0.885. The SMILES string of the molecule is CC[C@H](C)c1ccccc1NC(=O)COC(=O)[C@@H](NC(=O)Nc1ccccc1)C(C)C. The highest BCUT2D eigenvalue weighted by Crippen LogP contribution is 2.26. The molecule has 2 aromatic carbocycles. The fraction of sp³-hybridized carbons (Fsp3) is 0.375. The predicted molar refractivity (Wildman–Crippen MR) is 122 cm³/mol. The van der Waals surface area contributed by atoms with Gasteiger partial charge in [0.15, 0.2) is 6.61 Å². The van der Waals surface area contributed by atoms with E-state index in [0.717, 1.165) is 12.0 Å². The maximum Gasteiger partial charge on any atom is 0.329 e. The van der Waals surface area contributed by atoms with Crippen LogP contribution in [0.15, 0.2) is 54.6 Å². The van der Waals surface area contributed by atoms with E-state index in [1.165, 1.54) is 0 Å². The fourth-order valence-corrected chi connectivity index (χ4v) is 3.00. The Kier molecular flexibility index (Phi) is 9.06. The van der Waals surface area contributed by atoms with Crippen molar-refractivity contribution in [1.29, 1.82) is 0 Å². The molecule has 166 valence electrons. The van der Waals surface area contributed by atoms with Gasteiger partial charge in [-0.25, -0.2) is 9.59 Å². The average Bonchev–Trinajstić information content (AvgIpc) is 2.76. The largest absolute Gasteiger partial charge is 0.454 e. The molecule has 0 heterocycles. The Morgan fingerprint density at radius 3 is 2.19 bits per heavy atom. The van der Waals surface area contributed by atoms with Crippen LogP contribution in [0.1, 0.15) is 45.6 Å². The van der Waals surface area contributed by atoms with Crippen molar-refractivity contribution in [3.8, 4) is 0 Å². The molecular formula is C24H31N3O4. The van der Waals surface area contributed by atoms with Crippen LogP contribution < -0.4 is 16.0 Å². The molecule has 7 nitrogen and oxygen atoms in total. The van der Waals surface area contributed by atoms with E-state index in [0.29, 0.717) is 11.4 Å². The van der Waals surface area contributed by atoms with Gasteiger partial charge >= 0.3 is 12.0 Å². The van der Waals surface area contributed by atoms with Gasteiger partial charge in [-0.2, -0.15) is 0 Å². The van der Waals surface area contributed by atoms with Crippen LogP contribution in [-0.4, -0.2) is 30.6 Å². The molecule has 2 atom stereocenters. The normalized spacial score (nSPS) is 12.5. The molecule has 3 amide bonds. The third kappa shape index (κ3) is 7.44.